The smallest absolute Gasteiger partial charge is 0.150 e. The summed E-state index contributed by atoms with van der Waals surface area (Å²) >= 11 is 0. The van der Waals surface area contributed by atoms with Gasteiger partial charge in [-0.25, -0.2) is 9.97 Å². The largest absolute Gasteiger partial charge is 0.382 e. The van der Waals surface area contributed by atoms with Gasteiger partial charge in [0.2, 0.25) is 0 Å². The molecule has 4 heterocycles. The van der Waals surface area contributed by atoms with Crippen LogP contribution in [0, 0.1) is 0 Å². The van der Waals surface area contributed by atoms with Gasteiger partial charge in [-0.1, -0.05) is 6.07 Å². The fourth-order valence-electron chi connectivity index (χ4n) is 2.70. The molecule has 0 radical (unpaired) electrons. The van der Waals surface area contributed by atoms with Crippen LogP contribution >= 0.6 is 0 Å². The Kier molecular flexibility index (Phi) is 2.64. The molecule has 0 fully saturated rings. The van der Waals surface area contributed by atoms with Gasteiger partial charge in [0.25, 0.3) is 0 Å². The third kappa shape index (κ3) is 1.99. The van der Waals surface area contributed by atoms with Crippen molar-refractivity contribution in [2.75, 3.05) is 11.1 Å². The van der Waals surface area contributed by atoms with Gasteiger partial charge in [-0.15, -0.1) is 0 Å². The third-order valence-corrected chi connectivity index (χ3v) is 3.73. The summed E-state index contributed by atoms with van der Waals surface area (Å²) in [5.41, 5.74) is 14.3. The molecule has 0 saturated carbocycles. The van der Waals surface area contributed by atoms with Gasteiger partial charge in [0.15, 0.2) is 0 Å². The van der Waals surface area contributed by atoms with Crippen LogP contribution in [0.25, 0.3) is 11.6 Å². The first-order valence-electron chi connectivity index (χ1n) is 6.91. The van der Waals surface area contributed by atoms with Crippen molar-refractivity contribution in [3.63, 3.8) is 0 Å². The average Bonchev–Trinajstić information content (AvgIpc) is 3.00. The van der Waals surface area contributed by atoms with Crippen molar-refractivity contribution < 1.29 is 0 Å². The molecule has 0 spiro atoms. The molecule has 0 bridgehead atoms. The van der Waals surface area contributed by atoms with Gasteiger partial charge in [0.1, 0.15) is 34.8 Å². The van der Waals surface area contributed by atoms with Gasteiger partial charge < -0.3 is 16.8 Å². The highest BCUT2D eigenvalue weighted by Gasteiger charge is 2.28. The van der Waals surface area contributed by atoms with Gasteiger partial charge in [0.05, 0.1) is 6.20 Å². The summed E-state index contributed by atoms with van der Waals surface area (Å²) in [7, 11) is 0. The number of pyridine rings is 1. The number of nitrogen functional groups attached to an aromatic ring is 1. The quantitative estimate of drug-likeness (QED) is 0.651. The predicted molar refractivity (Wildman–Crippen MR) is 84.9 cm³/mol. The van der Waals surface area contributed by atoms with Gasteiger partial charge >= 0.3 is 0 Å². The topological polar surface area (TPSA) is 107 Å². The highest BCUT2D eigenvalue weighted by atomic mass is 15.2. The number of nitrogens with two attached hydrogens (primary N) is 2. The lowest BCUT2D eigenvalue weighted by Crippen LogP contribution is -2.49. The van der Waals surface area contributed by atoms with E-state index in [2.05, 4.69) is 20.3 Å². The van der Waals surface area contributed by atoms with Crippen LogP contribution in [0.3, 0.4) is 0 Å². The molecule has 4 rings (SSSR count). The normalized spacial score (nSPS) is 19.9. The summed E-state index contributed by atoms with van der Waals surface area (Å²) in [6.07, 6.45) is 11.3. The van der Waals surface area contributed by atoms with Crippen molar-refractivity contribution in [3.8, 4) is 0 Å². The van der Waals surface area contributed by atoms with Crippen LogP contribution in [0.1, 0.15) is 11.3 Å². The van der Waals surface area contributed by atoms with Crippen LogP contribution in [-0.4, -0.2) is 25.0 Å². The molecule has 3 aromatic rings. The summed E-state index contributed by atoms with van der Waals surface area (Å²) in [6, 6.07) is 3.90. The second-order valence-corrected chi connectivity index (χ2v) is 5.42. The van der Waals surface area contributed by atoms with Gasteiger partial charge in [0, 0.05) is 18.8 Å². The van der Waals surface area contributed by atoms with E-state index in [0.717, 1.165) is 22.6 Å². The molecule has 1 atom stereocenters. The van der Waals surface area contributed by atoms with Crippen LogP contribution in [-0.2, 0) is 6.42 Å². The molecule has 22 heavy (non-hydrogen) atoms. The van der Waals surface area contributed by atoms with Gasteiger partial charge in [-0.05, 0) is 23.8 Å². The standard InChI is InChI=1S/C15H15N7/c16-13-12-8-19-9-22(12)14-11(20-13)3-4-15(17,21-14)6-10-2-1-5-18-7-10/h1-5,7-9,21H,6,17H2,(H2,16,20). The molecule has 7 heteroatoms. The van der Waals surface area contributed by atoms with E-state index in [1.165, 1.54) is 0 Å². The maximum Gasteiger partial charge on any atom is 0.150 e. The molecule has 1 unspecified atom stereocenters. The Labute approximate surface area is 126 Å². The summed E-state index contributed by atoms with van der Waals surface area (Å²) in [6.45, 7) is 0. The Morgan fingerprint density at radius 3 is 3.00 bits per heavy atom. The number of fused-ring (bicyclic) bond motifs is 3. The van der Waals surface area contributed by atoms with Crippen molar-refractivity contribution in [3.05, 3.63) is 54.4 Å². The Morgan fingerprint density at radius 2 is 2.18 bits per heavy atom. The molecule has 0 aromatic carbocycles. The van der Waals surface area contributed by atoms with Crippen molar-refractivity contribution in [2.45, 2.75) is 12.1 Å². The maximum absolute atomic E-state index is 6.49. The SMILES string of the molecule is Nc1nc2c(n3cncc13)NC(N)(Cc1cccnc1)C=C2. The zero-order valence-corrected chi connectivity index (χ0v) is 11.8. The zero-order valence-electron chi connectivity index (χ0n) is 11.8. The predicted octanol–water partition coefficient (Wildman–Crippen LogP) is 1.04. The lowest BCUT2D eigenvalue weighted by Gasteiger charge is -2.32. The fourth-order valence-corrected chi connectivity index (χ4v) is 2.70. The molecule has 0 aliphatic carbocycles. The first kappa shape index (κ1) is 12.8. The lowest BCUT2D eigenvalue weighted by molar-refractivity contribution is 0.590. The molecule has 1 aliphatic rings. The van der Waals surface area contributed by atoms with E-state index in [4.69, 9.17) is 11.5 Å². The summed E-state index contributed by atoms with van der Waals surface area (Å²) in [5, 5.41) is 3.35. The minimum atomic E-state index is -0.717. The van der Waals surface area contributed by atoms with Crippen molar-refractivity contribution in [1.82, 2.24) is 19.4 Å². The summed E-state index contributed by atoms with van der Waals surface area (Å²) in [4.78, 5) is 12.6. The second kappa shape index (κ2) is 4.54. The Bertz CT molecular complexity index is 868. The number of nitrogens with zero attached hydrogens (tertiary/aromatic N) is 4. The van der Waals surface area contributed by atoms with Gasteiger partial charge in [-0.3, -0.25) is 9.38 Å². The number of imidazole rings is 1. The first-order chi connectivity index (χ1) is 10.6. The number of aromatic nitrogens is 4. The fraction of sp³-hybridized carbons (Fsp3) is 0.133. The molecule has 110 valence electrons. The number of nitrogens with one attached hydrogen (secondary N) is 1. The van der Waals surface area contributed by atoms with Crippen LogP contribution < -0.4 is 16.8 Å². The number of hydrogen-bond donors (Lipinski definition) is 3. The highest BCUT2D eigenvalue weighted by molar-refractivity contribution is 5.76. The molecule has 5 N–H and O–H groups in total. The van der Waals surface area contributed by atoms with Crippen LogP contribution in [0.5, 0.6) is 0 Å². The van der Waals surface area contributed by atoms with Gasteiger partial charge in [-0.2, -0.15) is 0 Å². The maximum atomic E-state index is 6.49. The molecule has 7 nitrogen and oxygen atoms in total. The summed E-state index contributed by atoms with van der Waals surface area (Å²) in [5.74, 6) is 1.23. The van der Waals surface area contributed by atoms with Crippen LogP contribution in [0.4, 0.5) is 11.6 Å². The van der Waals surface area contributed by atoms with E-state index in [9.17, 15) is 0 Å². The van der Waals surface area contributed by atoms with E-state index in [1.54, 1.807) is 18.7 Å². The zero-order chi connectivity index (χ0) is 15.2. The van der Waals surface area contributed by atoms with Crippen molar-refractivity contribution in [1.29, 1.82) is 0 Å². The number of anilines is 2. The van der Waals surface area contributed by atoms with E-state index in [-0.39, 0.29) is 0 Å². The molecule has 3 aromatic heterocycles. The Morgan fingerprint density at radius 1 is 1.27 bits per heavy atom. The van der Waals surface area contributed by atoms with E-state index in [1.807, 2.05) is 34.9 Å². The van der Waals surface area contributed by atoms with E-state index in [0.29, 0.717) is 12.2 Å². The molecule has 1 aliphatic heterocycles. The van der Waals surface area contributed by atoms with Crippen molar-refractivity contribution >= 4 is 23.2 Å². The van der Waals surface area contributed by atoms with Crippen LogP contribution in [0.15, 0.2) is 43.1 Å². The third-order valence-electron chi connectivity index (χ3n) is 3.73. The highest BCUT2D eigenvalue weighted by Crippen LogP contribution is 2.29. The molecule has 0 amide bonds. The molecule has 0 saturated heterocycles. The average molecular weight is 293 g/mol. The minimum absolute atomic E-state index is 0.444. The lowest BCUT2D eigenvalue weighted by atomic mass is 9.98. The Balaban J connectivity index is 1.76. The Hall–Kier alpha value is -2.93. The molecular formula is C15H15N7. The molecular weight excluding hydrogens is 278 g/mol. The van der Waals surface area contributed by atoms with Crippen LogP contribution in [0.2, 0.25) is 0 Å². The second-order valence-electron chi connectivity index (χ2n) is 5.42. The van der Waals surface area contributed by atoms with E-state index < -0.39 is 5.66 Å². The monoisotopic (exact) mass is 293 g/mol. The van der Waals surface area contributed by atoms with Crippen molar-refractivity contribution in [2.24, 2.45) is 5.73 Å². The number of rotatable bonds is 2. The minimum Gasteiger partial charge on any atom is -0.382 e. The summed E-state index contributed by atoms with van der Waals surface area (Å²) < 4.78 is 1.87. The first-order valence-corrected chi connectivity index (χ1v) is 6.91. The number of hydrogen-bond acceptors (Lipinski definition) is 6. The van der Waals surface area contributed by atoms with E-state index >= 15 is 0 Å².